The minimum atomic E-state index is -0.421. The van der Waals surface area contributed by atoms with Gasteiger partial charge in [0.25, 0.3) is 0 Å². The number of hydrogen-bond donors (Lipinski definition) is 3. The van der Waals surface area contributed by atoms with E-state index >= 15 is 0 Å². The van der Waals surface area contributed by atoms with Crippen molar-refractivity contribution in [3.8, 4) is 16.5 Å². The summed E-state index contributed by atoms with van der Waals surface area (Å²) in [5, 5.41) is 22.1. The number of nitrogens with one attached hydrogen (secondary N) is 1. The molecule has 1 unspecified atom stereocenters. The summed E-state index contributed by atoms with van der Waals surface area (Å²) >= 11 is 6.33. The van der Waals surface area contributed by atoms with Gasteiger partial charge in [-0.2, -0.15) is 0 Å². The third-order valence-electron chi connectivity index (χ3n) is 4.27. The fourth-order valence-corrected chi connectivity index (χ4v) is 3.93. The van der Waals surface area contributed by atoms with Crippen molar-refractivity contribution in [1.82, 2.24) is 25.4 Å². The number of hydrogen-bond acceptors (Lipinski definition) is 8. The van der Waals surface area contributed by atoms with Crippen molar-refractivity contribution in [1.29, 1.82) is 0 Å². The van der Waals surface area contributed by atoms with E-state index in [0.29, 0.717) is 17.1 Å². The molecule has 1 aromatic carbocycles. The molecule has 3 aromatic rings. The SMILES string of the molecule is CCn1c(-c2cccs2)nnc1C(S)N1C=C(c2cc(C)ccc2O)ON1. The van der Waals surface area contributed by atoms with E-state index in [1.54, 1.807) is 28.6 Å². The first-order valence-corrected chi connectivity index (χ1v) is 9.85. The molecule has 0 saturated carbocycles. The average molecular weight is 402 g/mol. The number of aromatic hydroxyl groups is 1. The fraction of sp³-hybridized carbons (Fsp3) is 0.222. The zero-order valence-electron chi connectivity index (χ0n) is 14.8. The number of aryl methyl sites for hydroxylation is 1. The summed E-state index contributed by atoms with van der Waals surface area (Å²) in [6.07, 6.45) is 1.76. The third kappa shape index (κ3) is 3.29. The van der Waals surface area contributed by atoms with Crippen LogP contribution in [0.25, 0.3) is 16.5 Å². The number of nitrogens with zero attached hydrogens (tertiary/aromatic N) is 4. The van der Waals surface area contributed by atoms with Crippen molar-refractivity contribution in [3.63, 3.8) is 0 Å². The van der Waals surface area contributed by atoms with Crippen LogP contribution in [-0.4, -0.2) is 24.9 Å². The van der Waals surface area contributed by atoms with Gasteiger partial charge in [0, 0.05) is 6.54 Å². The molecule has 4 rings (SSSR count). The van der Waals surface area contributed by atoms with Crippen LogP contribution in [0.1, 0.15) is 29.2 Å². The van der Waals surface area contributed by atoms with Crippen molar-refractivity contribution in [2.45, 2.75) is 25.8 Å². The molecule has 2 aromatic heterocycles. The Kier molecular flexibility index (Phi) is 4.81. The van der Waals surface area contributed by atoms with Gasteiger partial charge in [-0.05, 0) is 37.4 Å². The Hall–Kier alpha value is -2.49. The Bertz CT molecular complexity index is 984. The first kappa shape index (κ1) is 17.9. The number of aromatic nitrogens is 3. The van der Waals surface area contributed by atoms with E-state index < -0.39 is 5.37 Å². The second kappa shape index (κ2) is 7.26. The van der Waals surface area contributed by atoms with Crippen LogP contribution in [0.2, 0.25) is 0 Å². The van der Waals surface area contributed by atoms with Crippen molar-refractivity contribution in [2.75, 3.05) is 0 Å². The van der Waals surface area contributed by atoms with E-state index in [0.717, 1.165) is 22.8 Å². The van der Waals surface area contributed by atoms with Crippen LogP contribution >= 0.6 is 24.0 Å². The Morgan fingerprint density at radius 3 is 2.93 bits per heavy atom. The van der Waals surface area contributed by atoms with Gasteiger partial charge < -0.3 is 14.5 Å². The molecule has 1 atom stereocenters. The van der Waals surface area contributed by atoms with Crippen LogP contribution in [0, 0.1) is 6.92 Å². The smallest absolute Gasteiger partial charge is 0.177 e. The number of hydrazine groups is 1. The number of rotatable bonds is 5. The fourth-order valence-electron chi connectivity index (χ4n) is 2.90. The summed E-state index contributed by atoms with van der Waals surface area (Å²) in [5.41, 5.74) is 4.46. The van der Waals surface area contributed by atoms with Gasteiger partial charge in [0.15, 0.2) is 22.8 Å². The molecule has 0 saturated heterocycles. The van der Waals surface area contributed by atoms with Crippen LogP contribution in [0.15, 0.2) is 41.9 Å². The number of thiol groups is 1. The van der Waals surface area contributed by atoms with Gasteiger partial charge in [0.2, 0.25) is 0 Å². The van der Waals surface area contributed by atoms with E-state index in [1.807, 2.05) is 48.1 Å². The molecule has 2 N–H and O–H groups in total. The van der Waals surface area contributed by atoms with Gasteiger partial charge >= 0.3 is 0 Å². The summed E-state index contributed by atoms with van der Waals surface area (Å²) < 4.78 is 2.03. The molecule has 0 amide bonds. The molecule has 0 aliphatic carbocycles. The molecule has 27 heavy (non-hydrogen) atoms. The molecule has 0 radical (unpaired) electrons. The van der Waals surface area contributed by atoms with Crippen molar-refractivity contribution in [3.05, 3.63) is 58.9 Å². The van der Waals surface area contributed by atoms with Crippen molar-refractivity contribution < 1.29 is 9.94 Å². The largest absolute Gasteiger partial charge is 0.507 e. The lowest BCUT2D eigenvalue weighted by Crippen LogP contribution is -2.31. The standard InChI is InChI=1S/C18H19N5O2S2/c1-3-22-16(15-5-4-8-27-15)19-20-17(22)18(26)23-10-14(25-21-23)12-9-11(2)6-7-13(12)24/h4-10,18,21,24,26H,3H2,1-2H3. The molecular weight excluding hydrogens is 382 g/mol. The van der Waals surface area contributed by atoms with Gasteiger partial charge in [0.05, 0.1) is 16.6 Å². The lowest BCUT2D eigenvalue weighted by molar-refractivity contribution is 0.0381. The lowest BCUT2D eigenvalue weighted by Gasteiger charge is -2.21. The Morgan fingerprint density at radius 2 is 2.19 bits per heavy atom. The van der Waals surface area contributed by atoms with E-state index in [-0.39, 0.29) is 5.75 Å². The maximum absolute atomic E-state index is 10.1. The summed E-state index contributed by atoms with van der Waals surface area (Å²) in [7, 11) is 0. The molecule has 7 nitrogen and oxygen atoms in total. The van der Waals surface area contributed by atoms with Crippen molar-refractivity contribution >= 4 is 29.7 Å². The molecule has 9 heteroatoms. The number of thiophene rings is 1. The highest BCUT2D eigenvalue weighted by atomic mass is 32.1. The first-order valence-electron chi connectivity index (χ1n) is 8.46. The monoisotopic (exact) mass is 401 g/mol. The first-order chi connectivity index (χ1) is 13.1. The molecule has 1 aliphatic rings. The summed E-state index contributed by atoms with van der Waals surface area (Å²) in [4.78, 5) is 6.61. The van der Waals surface area contributed by atoms with E-state index in [1.165, 1.54) is 0 Å². The molecule has 140 valence electrons. The number of phenols is 1. The van der Waals surface area contributed by atoms with Gasteiger partial charge in [0.1, 0.15) is 5.75 Å². The Balaban J connectivity index is 1.63. The van der Waals surface area contributed by atoms with E-state index in [2.05, 4.69) is 15.8 Å². The zero-order valence-corrected chi connectivity index (χ0v) is 16.5. The number of benzene rings is 1. The summed E-state index contributed by atoms with van der Waals surface area (Å²) in [5.74, 6) is 2.19. The van der Waals surface area contributed by atoms with Gasteiger partial charge in [-0.15, -0.1) is 34.2 Å². The predicted octanol–water partition coefficient (Wildman–Crippen LogP) is 3.72. The molecule has 0 fully saturated rings. The van der Waals surface area contributed by atoms with Crippen LogP contribution in [0.3, 0.4) is 0 Å². The maximum atomic E-state index is 10.1. The average Bonchev–Trinajstić information content (AvgIpc) is 3.42. The summed E-state index contributed by atoms with van der Waals surface area (Å²) in [6.45, 7) is 4.72. The van der Waals surface area contributed by atoms with Gasteiger partial charge in [-0.25, -0.2) is 0 Å². The summed E-state index contributed by atoms with van der Waals surface area (Å²) in [6, 6.07) is 9.37. The second-order valence-electron chi connectivity index (χ2n) is 6.09. The van der Waals surface area contributed by atoms with Gasteiger partial charge in [-0.1, -0.05) is 23.3 Å². The molecule has 0 bridgehead atoms. The molecule has 0 spiro atoms. The predicted molar refractivity (Wildman–Crippen MR) is 108 cm³/mol. The highest BCUT2D eigenvalue weighted by molar-refractivity contribution is 7.80. The Labute approximate surface area is 166 Å². The van der Waals surface area contributed by atoms with Crippen LogP contribution in [0.5, 0.6) is 5.75 Å². The normalized spacial score (nSPS) is 14.9. The second-order valence-corrected chi connectivity index (χ2v) is 7.53. The minimum absolute atomic E-state index is 0.155. The van der Waals surface area contributed by atoms with E-state index in [4.69, 9.17) is 17.5 Å². The lowest BCUT2D eigenvalue weighted by atomic mass is 10.1. The highest BCUT2D eigenvalue weighted by Gasteiger charge is 2.28. The topological polar surface area (TPSA) is 75.4 Å². The maximum Gasteiger partial charge on any atom is 0.177 e. The third-order valence-corrected chi connectivity index (χ3v) is 5.61. The molecule has 3 heterocycles. The van der Waals surface area contributed by atoms with Crippen LogP contribution in [0.4, 0.5) is 0 Å². The zero-order chi connectivity index (χ0) is 19.0. The van der Waals surface area contributed by atoms with Crippen LogP contribution < -0.4 is 5.59 Å². The van der Waals surface area contributed by atoms with Crippen LogP contribution in [-0.2, 0) is 11.4 Å². The quantitative estimate of drug-likeness (QED) is 0.566. The van der Waals surface area contributed by atoms with Crippen molar-refractivity contribution in [2.24, 2.45) is 0 Å². The number of phenolic OH excluding ortho intramolecular Hbond substituents is 1. The van der Waals surface area contributed by atoms with Gasteiger partial charge in [-0.3, -0.25) is 5.01 Å². The molecule has 1 aliphatic heterocycles. The molecular formula is C18H19N5O2S2. The minimum Gasteiger partial charge on any atom is -0.507 e. The van der Waals surface area contributed by atoms with E-state index in [9.17, 15) is 5.11 Å². The highest BCUT2D eigenvalue weighted by Crippen LogP contribution is 2.34. The Morgan fingerprint density at radius 1 is 1.33 bits per heavy atom.